The number of carbonyl (C=O) groups is 1. The molecular weight excluding hydrogens is 254 g/mol. The Morgan fingerprint density at radius 1 is 1.45 bits per heavy atom. The molecule has 5 nitrogen and oxygen atoms in total. The van der Waals surface area contributed by atoms with E-state index in [9.17, 15) is 4.79 Å². The fourth-order valence-corrected chi connectivity index (χ4v) is 1.69. The number of likely N-dealkylation sites (N-methyl/N-ethyl adjacent to an activating group) is 1. The second-order valence-corrected chi connectivity index (χ2v) is 5.02. The van der Waals surface area contributed by atoms with Crippen LogP contribution in [0.15, 0.2) is 18.2 Å². The first-order chi connectivity index (χ1) is 9.45. The fraction of sp³-hybridized carbons (Fsp3) is 0.533. The molecule has 1 rings (SSSR count). The van der Waals surface area contributed by atoms with E-state index in [1.54, 1.807) is 19.1 Å². The summed E-state index contributed by atoms with van der Waals surface area (Å²) in [6.07, 6.45) is 0. The number of nitrogens with one attached hydrogen (secondary N) is 1. The van der Waals surface area contributed by atoms with Gasteiger partial charge in [0.1, 0.15) is 0 Å². The van der Waals surface area contributed by atoms with Gasteiger partial charge in [0.05, 0.1) is 12.2 Å². The van der Waals surface area contributed by atoms with Crippen LogP contribution in [0.5, 0.6) is 0 Å². The number of benzene rings is 1. The molecule has 0 unspecified atom stereocenters. The number of rotatable bonds is 7. The highest BCUT2D eigenvalue weighted by atomic mass is 16.5. The van der Waals surface area contributed by atoms with E-state index in [2.05, 4.69) is 31.1 Å². The maximum absolute atomic E-state index is 11.8. The number of hydrogen-bond acceptors (Lipinski definition) is 5. The number of esters is 1. The summed E-state index contributed by atoms with van der Waals surface area (Å²) in [5, 5.41) is 3.29. The van der Waals surface area contributed by atoms with Crippen molar-refractivity contribution in [3.05, 3.63) is 23.8 Å². The third-order valence-corrected chi connectivity index (χ3v) is 3.22. The van der Waals surface area contributed by atoms with Crippen molar-refractivity contribution in [3.8, 4) is 0 Å². The van der Waals surface area contributed by atoms with Crippen molar-refractivity contribution in [3.63, 3.8) is 0 Å². The van der Waals surface area contributed by atoms with Crippen LogP contribution in [0, 0.1) is 0 Å². The van der Waals surface area contributed by atoms with E-state index in [0.717, 1.165) is 18.8 Å². The van der Waals surface area contributed by atoms with Gasteiger partial charge in [0.2, 0.25) is 0 Å². The number of ether oxygens (including phenoxy) is 1. The van der Waals surface area contributed by atoms with Crippen LogP contribution in [0.4, 0.5) is 11.4 Å². The highest BCUT2D eigenvalue weighted by molar-refractivity contribution is 5.96. The average molecular weight is 279 g/mol. The molecule has 0 aromatic heterocycles. The summed E-state index contributed by atoms with van der Waals surface area (Å²) in [6.45, 7) is 8.16. The summed E-state index contributed by atoms with van der Waals surface area (Å²) in [5.74, 6) is -0.382. The average Bonchev–Trinajstić information content (AvgIpc) is 2.40. The topological polar surface area (TPSA) is 67.6 Å². The quantitative estimate of drug-likeness (QED) is 0.591. The first kappa shape index (κ1) is 16.3. The first-order valence-electron chi connectivity index (χ1n) is 6.96. The Labute approximate surface area is 121 Å². The van der Waals surface area contributed by atoms with Crippen LogP contribution in [0.25, 0.3) is 0 Å². The molecule has 0 aliphatic heterocycles. The second kappa shape index (κ2) is 7.75. The van der Waals surface area contributed by atoms with Gasteiger partial charge in [0.25, 0.3) is 0 Å². The first-order valence-corrected chi connectivity index (χ1v) is 6.96. The van der Waals surface area contributed by atoms with Crippen molar-refractivity contribution in [2.45, 2.75) is 26.8 Å². The van der Waals surface area contributed by atoms with E-state index in [0.29, 0.717) is 23.9 Å². The predicted octanol–water partition coefficient (Wildman–Crippen LogP) is 2.20. The normalized spacial score (nSPS) is 10.9. The van der Waals surface area contributed by atoms with Gasteiger partial charge in [-0.15, -0.1) is 0 Å². The number of anilines is 2. The van der Waals surface area contributed by atoms with Crippen LogP contribution >= 0.6 is 0 Å². The van der Waals surface area contributed by atoms with Crippen molar-refractivity contribution in [2.75, 3.05) is 37.8 Å². The Balaban J connectivity index is 2.63. The molecule has 112 valence electrons. The van der Waals surface area contributed by atoms with Gasteiger partial charge in [-0.05, 0) is 46.0 Å². The third-order valence-electron chi connectivity index (χ3n) is 3.22. The predicted molar refractivity (Wildman–Crippen MR) is 83.1 cm³/mol. The molecule has 0 radical (unpaired) electrons. The molecule has 0 aliphatic carbocycles. The molecule has 0 amide bonds. The van der Waals surface area contributed by atoms with Crippen LogP contribution < -0.4 is 11.1 Å². The zero-order valence-electron chi connectivity index (χ0n) is 12.8. The van der Waals surface area contributed by atoms with Gasteiger partial charge in [-0.1, -0.05) is 0 Å². The van der Waals surface area contributed by atoms with Crippen molar-refractivity contribution < 1.29 is 9.53 Å². The van der Waals surface area contributed by atoms with Gasteiger partial charge in [-0.25, -0.2) is 4.79 Å². The molecule has 0 saturated carbocycles. The number of carbonyl (C=O) groups excluding carboxylic acids is 1. The molecule has 0 atom stereocenters. The summed E-state index contributed by atoms with van der Waals surface area (Å²) in [5.41, 5.74) is 7.52. The summed E-state index contributed by atoms with van der Waals surface area (Å²) >= 11 is 0. The lowest BCUT2D eigenvalue weighted by Crippen LogP contribution is -2.31. The fourth-order valence-electron chi connectivity index (χ4n) is 1.69. The number of hydrogen-bond donors (Lipinski definition) is 2. The Bertz CT molecular complexity index is 447. The van der Waals surface area contributed by atoms with E-state index in [1.165, 1.54) is 0 Å². The molecule has 0 bridgehead atoms. The second-order valence-electron chi connectivity index (χ2n) is 5.02. The van der Waals surface area contributed by atoms with Crippen LogP contribution in [-0.2, 0) is 4.74 Å². The molecule has 1 aromatic rings. The summed E-state index contributed by atoms with van der Waals surface area (Å²) in [6, 6.07) is 5.84. The minimum atomic E-state index is -0.382. The molecule has 3 N–H and O–H groups in total. The minimum Gasteiger partial charge on any atom is -0.462 e. The van der Waals surface area contributed by atoms with Gasteiger partial charge in [-0.3, -0.25) is 0 Å². The number of nitrogens with two attached hydrogens (primary N) is 1. The Hall–Kier alpha value is -1.75. The van der Waals surface area contributed by atoms with Gasteiger partial charge in [-0.2, -0.15) is 0 Å². The van der Waals surface area contributed by atoms with Crippen LogP contribution in [0.3, 0.4) is 0 Å². The summed E-state index contributed by atoms with van der Waals surface area (Å²) < 4.78 is 4.98. The van der Waals surface area contributed by atoms with E-state index in [4.69, 9.17) is 10.5 Å². The molecule has 20 heavy (non-hydrogen) atoms. The standard InChI is InChI=1S/C15H25N3O2/c1-5-20-15(19)13-10-12(6-7-14(13)16)17-8-9-18(4)11(2)3/h6-7,10-11,17H,5,8-9,16H2,1-4H3. The number of nitrogens with zero attached hydrogens (tertiary/aromatic N) is 1. The molecule has 5 heteroatoms. The zero-order chi connectivity index (χ0) is 15.1. The highest BCUT2D eigenvalue weighted by Crippen LogP contribution is 2.18. The van der Waals surface area contributed by atoms with E-state index < -0.39 is 0 Å². The molecule has 0 aliphatic rings. The number of nitrogen functional groups attached to an aromatic ring is 1. The maximum atomic E-state index is 11.8. The molecule has 0 heterocycles. The summed E-state index contributed by atoms with van der Waals surface area (Å²) in [4.78, 5) is 14.0. The van der Waals surface area contributed by atoms with Crippen molar-refractivity contribution in [1.29, 1.82) is 0 Å². The minimum absolute atomic E-state index is 0.342. The largest absolute Gasteiger partial charge is 0.462 e. The smallest absolute Gasteiger partial charge is 0.340 e. The Morgan fingerprint density at radius 3 is 2.75 bits per heavy atom. The summed E-state index contributed by atoms with van der Waals surface area (Å²) in [7, 11) is 2.08. The Morgan fingerprint density at radius 2 is 2.15 bits per heavy atom. The van der Waals surface area contributed by atoms with Gasteiger partial charge < -0.3 is 20.7 Å². The molecule has 0 fully saturated rings. The SMILES string of the molecule is CCOC(=O)c1cc(NCCN(C)C(C)C)ccc1N. The van der Waals surface area contributed by atoms with Crippen molar-refractivity contribution in [1.82, 2.24) is 4.90 Å². The monoisotopic (exact) mass is 279 g/mol. The van der Waals surface area contributed by atoms with Crippen LogP contribution in [0.1, 0.15) is 31.1 Å². The lowest BCUT2D eigenvalue weighted by molar-refractivity contribution is 0.0527. The lowest BCUT2D eigenvalue weighted by atomic mass is 10.1. The Kier molecular flexibility index (Phi) is 6.31. The van der Waals surface area contributed by atoms with Gasteiger partial charge in [0.15, 0.2) is 0 Å². The van der Waals surface area contributed by atoms with Gasteiger partial charge >= 0.3 is 5.97 Å². The molecular formula is C15H25N3O2. The molecule has 0 saturated heterocycles. The van der Waals surface area contributed by atoms with Crippen LogP contribution in [0.2, 0.25) is 0 Å². The van der Waals surface area contributed by atoms with Crippen molar-refractivity contribution >= 4 is 17.3 Å². The van der Waals surface area contributed by atoms with Gasteiger partial charge in [0, 0.05) is 30.5 Å². The van der Waals surface area contributed by atoms with E-state index in [-0.39, 0.29) is 5.97 Å². The highest BCUT2D eigenvalue weighted by Gasteiger charge is 2.11. The zero-order valence-corrected chi connectivity index (χ0v) is 12.8. The maximum Gasteiger partial charge on any atom is 0.340 e. The molecule has 0 spiro atoms. The van der Waals surface area contributed by atoms with Crippen LogP contribution in [-0.4, -0.2) is 43.7 Å². The van der Waals surface area contributed by atoms with Crippen molar-refractivity contribution in [2.24, 2.45) is 0 Å². The molecule has 1 aromatic carbocycles. The lowest BCUT2D eigenvalue weighted by Gasteiger charge is -2.21. The van der Waals surface area contributed by atoms with E-state index in [1.807, 2.05) is 6.07 Å². The van der Waals surface area contributed by atoms with E-state index >= 15 is 0 Å². The third kappa shape index (κ3) is 4.74.